The van der Waals surface area contributed by atoms with Crippen LogP contribution in [0.25, 0.3) is 0 Å². The lowest BCUT2D eigenvalue weighted by Crippen LogP contribution is -2.37. The third-order valence-corrected chi connectivity index (χ3v) is 3.08. The predicted molar refractivity (Wildman–Crippen MR) is 51.7 cm³/mol. The molecule has 1 saturated carbocycles. The topological polar surface area (TPSA) is 18.5 Å². The van der Waals surface area contributed by atoms with Gasteiger partial charge in [-0.25, -0.2) is 0 Å². The van der Waals surface area contributed by atoms with E-state index in [1.165, 1.54) is 12.8 Å². The zero-order chi connectivity index (χ0) is 9.26. The minimum atomic E-state index is 0.473. The van der Waals surface area contributed by atoms with E-state index in [1.54, 1.807) is 0 Å². The highest BCUT2D eigenvalue weighted by molar-refractivity contribution is 4.82. The summed E-state index contributed by atoms with van der Waals surface area (Å²) in [7, 11) is 0. The molecule has 0 bridgehead atoms. The van der Waals surface area contributed by atoms with Crippen molar-refractivity contribution < 1.29 is 9.47 Å². The highest BCUT2D eigenvalue weighted by Crippen LogP contribution is 2.32. The summed E-state index contributed by atoms with van der Waals surface area (Å²) >= 11 is 0. The van der Waals surface area contributed by atoms with Crippen molar-refractivity contribution in [2.45, 2.75) is 45.3 Å². The second-order valence-corrected chi connectivity index (χ2v) is 4.65. The van der Waals surface area contributed by atoms with Crippen molar-refractivity contribution >= 4 is 0 Å². The Balaban J connectivity index is 1.87. The van der Waals surface area contributed by atoms with Crippen LogP contribution in [0.1, 0.15) is 33.1 Å². The Morgan fingerprint density at radius 3 is 2.62 bits per heavy atom. The Bertz CT molecular complexity index is 163. The van der Waals surface area contributed by atoms with E-state index < -0.39 is 0 Å². The second-order valence-electron chi connectivity index (χ2n) is 4.65. The molecule has 1 heterocycles. The van der Waals surface area contributed by atoms with Gasteiger partial charge in [-0.3, -0.25) is 0 Å². The average Bonchev–Trinajstić information content (AvgIpc) is 2.89. The Hall–Kier alpha value is -0.0800. The van der Waals surface area contributed by atoms with E-state index in [0.717, 1.165) is 19.6 Å². The Kier molecular flexibility index (Phi) is 2.89. The van der Waals surface area contributed by atoms with Crippen LogP contribution in [0.15, 0.2) is 0 Å². The molecule has 2 aliphatic rings. The maximum atomic E-state index is 6.00. The Morgan fingerprint density at radius 1 is 1.23 bits per heavy atom. The van der Waals surface area contributed by atoms with Crippen LogP contribution in [0.4, 0.5) is 0 Å². The summed E-state index contributed by atoms with van der Waals surface area (Å²) < 4.78 is 11.5. The quantitative estimate of drug-likeness (QED) is 0.669. The van der Waals surface area contributed by atoms with Gasteiger partial charge in [-0.1, -0.05) is 13.8 Å². The van der Waals surface area contributed by atoms with E-state index in [4.69, 9.17) is 9.47 Å². The summed E-state index contributed by atoms with van der Waals surface area (Å²) in [5.74, 6) is 1.30. The molecule has 76 valence electrons. The van der Waals surface area contributed by atoms with Crippen molar-refractivity contribution in [2.24, 2.45) is 11.8 Å². The van der Waals surface area contributed by atoms with Gasteiger partial charge in [0.15, 0.2) is 0 Å². The fourth-order valence-corrected chi connectivity index (χ4v) is 1.98. The highest BCUT2D eigenvalue weighted by Gasteiger charge is 2.34. The highest BCUT2D eigenvalue weighted by atomic mass is 16.5. The first-order valence-corrected chi connectivity index (χ1v) is 5.50. The average molecular weight is 184 g/mol. The minimum Gasteiger partial charge on any atom is -0.381 e. The maximum absolute atomic E-state index is 6.00. The van der Waals surface area contributed by atoms with Gasteiger partial charge in [0.25, 0.3) is 0 Å². The summed E-state index contributed by atoms with van der Waals surface area (Å²) in [6.45, 7) is 6.32. The molecule has 0 aromatic heterocycles. The largest absolute Gasteiger partial charge is 0.381 e. The second kappa shape index (κ2) is 3.97. The van der Waals surface area contributed by atoms with E-state index in [0.29, 0.717) is 24.0 Å². The maximum Gasteiger partial charge on any atom is 0.0653 e. The monoisotopic (exact) mass is 184 g/mol. The smallest absolute Gasteiger partial charge is 0.0653 e. The fraction of sp³-hybridized carbons (Fsp3) is 1.00. The van der Waals surface area contributed by atoms with Crippen molar-refractivity contribution in [1.29, 1.82) is 0 Å². The molecule has 1 aliphatic carbocycles. The van der Waals surface area contributed by atoms with E-state index >= 15 is 0 Å². The molecule has 1 saturated heterocycles. The summed E-state index contributed by atoms with van der Waals surface area (Å²) in [6, 6.07) is 0. The van der Waals surface area contributed by atoms with Crippen molar-refractivity contribution in [3.8, 4) is 0 Å². The van der Waals surface area contributed by atoms with E-state index in [9.17, 15) is 0 Å². The van der Waals surface area contributed by atoms with Gasteiger partial charge in [-0.15, -0.1) is 0 Å². The first kappa shape index (κ1) is 9.47. The molecule has 1 aliphatic heterocycles. The molecule has 2 rings (SSSR count). The lowest BCUT2D eigenvalue weighted by Gasteiger charge is -2.34. The molecule has 0 spiro atoms. The molecule has 2 atom stereocenters. The van der Waals surface area contributed by atoms with Crippen LogP contribution in [-0.4, -0.2) is 25.4 Å². The molecular formula is C11H20O2. The van der Waals surface area contributed by atoms with Gasteiger partial charge in [0.2, 0.25) is 0 Å². The Labute approximate surface area is 80.6 Å². The van der Waals surface area contributed by atoms with Crippen molar-refractivity contribution in [3.63, 3.8) is 0 Å². The molecule has 2 nitrogen and oxygen atoms in total. The third kappa shape index (κ3) is 2.44. The number of hydrogen-bond acceptors (Lipinski definition) is 2. The third-order valence-electron chi connectivity index (χ3n) is 3.08. The SMILES string of the molecule is CC(C)[C@H]1COCC[C@H]1OC1CC1. The van der Waals surface area contributed by atoms with Gasteiger partial charge in [0, 0.05) is 12.5 Å². The molecular weight excluding hydrogens is 164 g/mol. The number of ether oxygens (including phenoxy) is 2. The first-order chi connectivity index (χ1) is 6.27. The molecule has 0 N–H and O–H groups in total. The number of hydrogen-bond donors (Lipinski definition) is 0. The Morgan fingerprint density at radius 2 is 2.00 bits per heavy atom. The van der Waals surface area contributed by atoms with Gasteiger partial charge in [0.05, 0.1) is 18.8 Å². The standard InChI is InChI=1S/C11H20O2/c1-8(2)10-7-12-6-5-11(10)13-9-3-4-9/h8-11H,3-7H2,1-2H3/t10-,11-/m1/s1. The minimum absolute atomic E-state index is 0.473. The zero-order valence-electron chi connectivity index (χ0n) is 8.66. The molecule has 0 aromatic rings. The van der Waals surface area contributed by atoms with Crippen molar-refractivity contribution in [2.75, 3.05) is 13.2 Å². The zero-order valence-corrected chi connectivity index (χ0v) is 8.66. The summed E-state index contributed by atoms with van der Waals surface area (Å²) in [5, 5.41) is 0. The molecule has 0 aromatic carbocycles. The summed E-state index contributed by atoms with van der Waals surface area (Å²) in [5.41, 5.74) is 0. The van der Waals surface area contributed by atoms with Crippen LogP contribution in [0.3, 0.4) is 0 Å². The molecule has 0 unspecified atom stereocenters. The van der Waals surface area contributed by atoms with Gasteiger partial charge in [-0.05, 0) is 25.2 Å². The van der Waals surface area contributed by atoms with Gasteiger partial charge in [-0.2, -0.15) is 0 Å². The predicted octanol–water partition coefficient (Wildman–Crippen LogP) is 2.23. The van der Waals surface area contributed by atoms with Crippen LogP contribution >= 0.6 is 0 Å². The molecule has 2 heteroatoms. The van der Waals surface area contributed by atoms with Crippen LogP contribution in [0.5, 0.6) is 0 Å². The van der Waals surface area contributed by atoms with Crippen LogP contribution < -0.4 is 0 Å². The van der Waals surface area contributed by atoms with Gasteiger partial charge < -0.3 is 9.47 Å². The fourth-order valence-electron chi connectivity index (χ4n) is 1.98. The van der Waals surface area contributed by atoms with E-state index in [-0.39, 0.29) is 0 Å². The molecule has 0 amide bonds. The number of rotatable bonds is 3. The van der Waals surface area contributed by atoms with Crippen molar-refractivity contribution in [1.82, 2.24) is 0 Å². The summed E-state index contributed by atoms with van der Waals surface area (Å²) in [4.78, 5) is 0. The van der Waals surface area contributed by atoms with Crippen molar-refractivity contribution in [3.05, 3.63) is 0 Å². The van der Waals surface area contributed by atoms with Gasteiger partial charge >= 0.3 is 0 Å². The normalized spacial score (nSPS) is 35.3. The lowest BCUT2D eigenvalue weighted by molar-refractivity contribution is -0.0935. The summed E-state index contributed by atoms with van der Waals surface area (Å²) in [6.07, 6.45) is 4.72. The van der Waals surface area contributed by atoms with E-state index in [2.05, 4.69) is 13.8 Å². The first-order valence-electron chi connectivity index (χ1n) is 5.50. The molecule has 13 heavy (non-hydrogen) atoms. The van der Waals surface area contributed by atoms with E-state index in [1.807, 2.05) is 0 Å². The van der Waals surface area contributed by atoms with Crippen LogP contribution in [0, 0.1) is 11.8 Å². The molecule has 2 fully saturated rings. The van der Waals surface area contributed by atoms with Crippen LogP contribution in [-0.2, 0) is 9.47 Å². The molecule has 0 radical (unpaired) electrons. The lowest BCUT2D eigenvalue weighted by atomic mass is 9.88. The van der Waals surface area contributed by atoms with Gasteiger partial charge in [0.1, 0.15) is 0 Å². The van der Waals surface area contributed by atoms with Crippen LogP contribution in [0.2, 0.25) is 0 Å².